The van der Waals surface area contributed by atoms with Crippen LogP contribution in [0, 0.1) is 5.82 Å². The summed E-state index contributed by atoms with van der Waals surface area (Å²) in [6, 6.07) is 1.38. The van der Waals surface area contributed by atoms with Gasteiger partial charge in [-0.2, -0.15) is 0 Å². The van der Waals surface area contributed by atoms with E-state index in [4.69, 9.17) is 10.6 Å². The van der Waals surface area contributed by atoms with Crippen LogP contribution in [0.15, 0.2) is 10.5 Å². The summed E-state index contributed by atoms with van der Waals surface area (Å²) in [5.41, 5.74) is 0.345. The molecule has 0 heterocycles. The smallest absolute Gasteiger partial charge is 0.198 e. The van der Waals surface area contributed by atoms with Gasteiger partial charge in [-0.15, -0.1) is 0 Å². The molecule has 0 fully saturated rings. The third-order valence-corrected chi connectivity index (χ3v) is 2.25. The van der Waals surface area contributed by atoms with Crippen LogP contribution in [0.4, 0.5) is 4.39 Å². The van der Waals surface area contributed by atoms with E-state index in [2.05, 4.69) is 20.8 Å². The first-order valence-electron chi connectivity index (χ1n) is 3.67. The number of ether oxygens (including phenoxy) is 1. The first-order valence-corrected chi connectivity index (χ1v) is 4.46. The molecule has 0 atom stereocenters. The molecule has 0 aliphatic rings. The van der Waals surface area contributed by atoms with E-state index >= 15 is 0 Å². The zero-order valence-electron chi connectivity index (χ0n) is 7.38. The lowest BCUT2D eigenvalue weighted by atomic mass is 10.2. The summed E-state index contributed by atoms with van der Waals surface area (Å²) < 4.78 is 18.2. The van der Waals surface area contributed by atoms with Crippen molar-refractivity contribution in [3.8, 4) is 11.5 Å². The number of halogens is 2. The molecule has 0 aliphatic heterocycles. The van der Waals surface area contributed by atoms with Crippen molar-refractivity contribution in [2.45, 2.75) is 6.61 Å². The van der Waals surface area contributed by atoms with Crippen LogP contribution in [-0.4, -0.2) is 12.2 Å². The van der Waals surface area contributed by atoms with E-state index in [1.165, 1.54) is 13.2 Å². The standard InChI is InChI=1S/C8H9BrFNO3/c1-13-8-6(10)5(9)2-4(3-14-11)7(8)12/h2,12H,3,11H2,1H3. The number of hydrogen-bond donors (Lipinski definition) is 2. The van der Waals surface area contributed by atoms with E-state index in [-0.39, 0.29) is 22.6 Å². The molecule has 1 aromatic carbocycles. The van der Waals surface area contributed by atoms with Crippen molar-refractivity contribution >= 4 is 15.9 Å². The van der Waals surface area contributed by atoms with E-state index in [1.54, 1.807) is 0 Å². The lowest BCUT2D eigenvalue weighted by Crippen LogP contribution is -2.01. The molecule has 0 bridgehead atoms. The minimum absolute atomic E-state index is 0.0267. The van der Waals surface area contributed by atoms with Gasteiger partial charge in [0, 0.05) is 5.56 Å². The van der Waals surface area contributed by atoms with Crippen LogP contribution in [0.3, 0.4) is 0 Å². The Bertz CT molecular complexity index is 346. The average molecular weight is 266 g/mol. The number of aromatic hydroxyl groups is 1. The molecule has 1 aromatic rings. The maximum Gasteiger partial charge on any atom is 0.198 e. The van der Waals surface area contributed by atoms with Crippen molar-refractivity contribution in [1.29, 1.82) is 0 Å². The van der Waals surface area contributed by atoms with Gasteiger partial charge in [0.25, 0.3) is 0 Å². The third-order valence-electron chi connectivity index (χ3n) is 1.67. The zero-order chi connectivity index (χ0) is 10.7. The predicted octanol–water partition coefficient (Wildman–Crippen LogP) is 1.69. The van der Waals surface area contributed by atoms with Crippen molar-refractivity contribution < 1.29 is 19.1 Å². The van der Waals surface area contributed by atoms with Crippen LogP contribution in [0.25, 0.3) is 0 Å². The molecule has 78 valence electrons. The van der Waals surface area contributed by atoms with Crippen molar-refractivity contribution in [1.82, 2.24) is 0 Å². The summed E-state index contributed by atoms with van der Waals surface area (Å²) in [5, 5.41) is 9.50. The fraction of sp³-hybridized carbons (Fsp3) is 0.250. The van der Waals surface area contributed by atoms with Crippen molar-refractivity contribution in [3.63, 3.8) is 0 Å². The fourth-order valence-corrected chi connectivity index (χ4v) is 1.49. The SMILES string of the molecule is COc1c(O)c(CON)cc(Br)c1F. The summed E-state index contributed by atoms with van der Waals surface area (Å²) in [4.78, 5) is 4.34. The van der Waals surface area contributed by atoms with E-state index in [0.29, 0.717) is 5.56 Å². The molecule has 1 rings (SSSR count). The third kappa shape index (κ3) is 1.97. The van der Waals surface area contributed by atoms with E-state index in [0.717, 1.165) is 0 Å². The summed E-state index contributed by atoms with van der Waals surface area (Å²) in [5.74, 6) is 3.65. The lowest BCUT2D eigenvalue weighted by molar-refractivity contribution is 0.121. The maximum atomic E-state index is 13.3. The normalized spacial score (nSPS) is 10.3. The number of hydrogen-bond acceptors (Lipinski definition) is 4. The van der Waals surface area contributed by atoms with Crippen molar-refractivity contribution in [2.75, 3.05) is 7.11 Å². The molecule has 3 N–H and O–H groups in total. The molecule has 0 unspecified atom stereocenters. The molecule has 0 aromatic heterocycles. The van der Waals surface area contributed by atoms with Crippen molar-refractivity contribution in [2.24, 2.45) is 5.90 Å². The van der Waals surface area contributed by atoms with Gasteiger partial charge in [0.15, 0.2) is 17.3 Å². The lowest BCUT2D eigenvalue weighted by Gasteiger charge is -2.10. The van der Waals surface area contributed by atoms with E-state index < -0.39 is 5.82 Å². The largest absolute Gasteiger partial charge is 0.504 e. The Morgan fingerprint density at radius 2 is 2.29 bits per heavy atom. The van der Waals surface area contributed by atoms with Gasteiger partial charge in [0.2, 0.25) is 0 Å². The van der Waals surface area contributed by atoms with Gasteiger partial charge in [-0.1, -0.05) is 0 Å². The number of nitrogens with two attached hydrogens (primary N) is 1. The molecule has 0 amide bonds. The maximum absolute atomic E-state index is 13.3. The molecule has 0 saturated carbocycles. The van der Waals surface area contributed by atoms with Crippen LogP contribution in [0.2, 0.25) is 0 Å². The van der Waals surface area contributed by atoms with Crippen LogP contribution in [0.1, 0.15) is 5.56 Å². The topological polar surface area (TPSA) is 64.7 Å². The van der Waals surface area contributed by atoms with Crippen LogP contribution < -0.4 is 10.6 Å². The minimum Gasteiger partial charge on any atom is -0.504 e. The second kappa shape index (κ2) is 4.59. The molecule has 6 heteroatoms. The van der Waals surface area contributed by atoms with Crippen molar-refractivity contribution in [3.05, 3.63) is 21.9 Å². The van der Waals surface area contributed by atoms with Crippen LogP contribution >= 0.6 is 15.9 Å². The zero-order valence-corrected chi connectivity index (χ0v) is 8.97. The Balaban J connectivity index is 3.27. The Morgan fingerprint density at radius 1 is 1.64 bits per heavy atom. The molecule has 0 spiro atoms. The second-order valence-electron chi connectivity index (χ2n) is 2.52. The number of phenolic OH excluding ortho intramolecular Hbond substituents is 1. The van der Waals surface area contributed by atoms with Crippen LogP contribution in [0.5, 0.6) is 11.5 Å². The van der Waals surface area contributed by atoms with Gasteiger partial charge in [-0.05, 0) is 22.0 Å². The highest BCUT2D eigenvalue weighted by Crippen LogP contribution is 2.37. The van der Waals surface area contributed by atoms with E-state index in [1.807, 2.05) is 0 Å². The molecular formula is C8H9BrFNO3. The molecule has 0 radical (unpaired) electrons. The quantitative estimate of drug-likeness (QED) is 0.817. The summed E-state index contributed by atoms with van der Waals surface area (Å²) >= 11 is 2.98. The predicted molar refractivity (Wildman–Crippen MR) is 51.3 cm³/mol. The fourth-order valence-electron chi connectivity index (χ4n) is 1.03. The number of rotatable bonds is 3. The Hall–Kier alpha value is -0.850. The first-order chi connectivity index (χ1) is 6.61. The number of phenols is 1. The highest BCUT2D eigenvalue weighted by molar-refractivity contribution is 9.10. The molecular weight excluding hydrogens is 257 g/mol. The van der Waals surface area contributed by atoms with E-state index in [9.17, 15) is 9.50 Å². The Morgan fingerprint density at radius 3 is 2.79 bits per heavy atom. The second-order valence-corrected chi connectivity index (χ2v) is 3.38. The minimum atomic E-state index is -0.661. The first kappa shape index (κ1) is 11.2. The van der Waals surface area contributed by atoms with Crippen LogP contribution in [-0.2, 0) is 11.4 Å². The highest BCUT2D eigenvalue weighted by Gasteiger charge is 2.17. The number of benzene rings is 1. The monoisotopic (exact) mass is 265 g/mol. The van der Waals surface area contributed by atoms with Gasteiger partial charge in [0.1, 0.15) is 0 Å². The summed E-state index contributed by atoms with van der Waals surface area (Å²) in [7, 11) is 1.26. The molecule has 4 nitrogen and oxygen atoms in total. The Kier molecular flexibility index (Phi) is 3.68. The molecule has 0 saturated heterocycles. The highest BCUT2D eigenvalue weighted by atomic mass is 79.9. The van der Waals surface area contributed by atoms with Gasteiger partial charge in [-0.25, -0.2) is 10.3 Å². The molecule has 0 aliphatic carbocycles. The van der Waals surface area contributed by atoms with Gasteiger partial charge in [-0.3, -0.25) is 4.84 Å². The van der Waals surface area contributed by atoms with Gasteiger partial charge in [0.05, 0.1) is 18.2 Å². The average Bonchev–Trinajstić information content (AvgIpc) is 2.16. The van der Waals surface area contributed by atoms with Gasteiger partial charge < -0.3 is 9.84 Å². The summed E-state index contributed by atoms with van der Waals surface area (Å²) in [6.45, 7) is -0.0267. The molecule has 14 heavy (non-hydrogen) atoms. The van der Waals surface area contributed by atoms with Gasteiger partial charge >= 0.3 is 0 Å². The summed E-state index contributed by atoms with van der Waals surface area (Å²) in [6.07, 6.45) is 0. The number of methoxy groups -OCH3 is 1. The Labute approximate surface area is 88.5 Å².